The number of nitrogens with zero attached hydrogens (tertiary/aromatic N) is 2. The molecule has 5 N–H and O–H groups in total. The normalized spacial score (nSPS) is 22.0. The van der Waals surface area contributed by atoms with Crippen LogP contribution in [0.3, 0.4) is 0 Å². The van der Waals surface area contributed by atoms with Crippen LogP contribution in [-0.2, 0) is 6.42 Å². The molecule has 2 aliphatic rings. The molecule has 174 valence electrons. The molecule has 1 aliphatic carbocycles. The summed E-state index contributed by atoms with van der Waals surface area (Å²) < 4.78 is 1.02. The highest BCUT2D eigenvalue weighted by atomic mass is 32.1. The second kappa shape index (κ2) is 8.83. The number of H-pyrrole nitrogens is 1. The summed E-state index contributed by atoms with van der Waals surface area (Å²) in [6, 6.07) is 15.7. The molecule has 2 aromatic heterocycles. The number of aliphatic hydroxyl groups excluding tert-OH is 1. The van der Waals surface area contributed by atoms with Gasteiger partial charge in [0, 0.05) is 19.0 Å². The first kappa shape index (κ1) is 21.3. The number of aromatic amines is 1. The van der Waals surface area contributed by atoms with Crippen molar-refractivity contribution in [2.75, 3.05) is 23.7 Å². The topological polar surface area (TPSA) is 115 Å². The predicted molar refractivity (Wildman–Crippen MR) is 136 cm³/mol. The van der Waals surface area contributed by atoms with E-state index in [0.717, 1.165) is 47.3 Å². The second-order valence-corrected chi connectivity index (χ2v) is 9.94. The van der Waals surface area contributed by atoms with Crippen molar-refractivity contribution >= 4 is 33.3 Å². The number of fused-ring (bicyclic) bond motifs is 2. The fraction of sp³-hybridized carbons (Fsp3) is 0.320. The van der Waals surface area contributed by atoms with Crippen LogP contribution in [0.4, 0.5) is 11.8 Å². The lowest BCUT2D eigenvalue weighted by Gasteiger charge is -2.25. The molecule has 3 atom stereocenters. The number of thiazole rings is 1. The molecule has 0 spiro atoms. The molecule has 4 aromatic rings. The molecule has 3 heterocycles. The van der Waals surface area contributed by atoms with Gasteiger partial charge in [-0.3, -0.25) is 9.78 Å². The van der Waals surface area contributed by atoms with Crippen LogP contribution in [-0.4, -0.2) is 45.3 Å². The maximum absolute atomic E-state index is 13.4. The molecule has 1 fully saturated rings. The first-order chi connectivity index (χ1) is 16.7. The molecule has 1 unspecified atom stereocenters. The van der Waals surface area contributed by atoms with Gasteiger partial charge >= 0.3 is 0 Å². The van der Waals surface area contributed by atoms with E-state index in [4.69, 9.17) is 9.97 Å². The van der Waals surface area contributed by atoms with Crippen molar-refractivity contribution in [3.05, 3.63) is 70.0 Å². The lowest BCUT2D eigenvalue weighted by molar-refractivity contribution is 0.165. The lowest BCUT2D eigenvalue weighted by atomic mass is 10.1. The molecular weight excluding hydrogens is 448 g/mol. The zero-order valence-corrected chi connectivity index (χ0v) is 19.4. The van der Waals surface area contributed by atoms with Crippen molar-refractivity contribution in [1.82, 2.24) is 20.3 Å². The first-order valence-corrected chi connectivity index (χ1v) is 12.5. The summed E-state index contributed by atoms with van der Waals surface area (Å²) in [5.74, 6) is 0.849. The number of piperidine rings is 1. The van der Waals surface area contributed by atoms with Gasteiger partial charge in [-0.2, -0.15) is 4.98 Å². The highest BCUT2D eigenvalue weighted by Crippen LogP contribution is 2.35. The smallest absolute Gasteiger partial charge is 0.264 e. The summed E-state index contributed by atoms with van der Waals surface area (Å²) in [4.78, 5) is 25.8. The van der Waals surface area contributed by atoms with E-state index in [1.807, 2.05) is 48.5 Å². The van der Waals surface area contributed by atoms with Crippen LogP contribution in [0.2, 0.25) is 0 Å². The summed E-state index contributed by atoms with van der Waals surface area (Å²) in [6.07, 6.45) is 2.04. The summed E-state index contributed by atoms with van der Waals surface area (Å²) in [7, 11) is 0. The number of anilines is 2. The van der Waals surface area contributed by atoms with Crippen LogP contribution in [0.25, 0.3) is 20.8 Å². The Morgan fingerprint density at radius 2 is 1.91 bits per heavy atom. The fourth-order valence-corrected chi connectivity index (χ4v) is 5.90. The molecular formula is C25H26N6O2S. The minimum absolute atomic E-state index is 0.168. The lowest BCUT2D eigenvalue weighted by Crippen LogP contribution is -2.39. The van der Waals surface area contributed by atoms with Gasteiger partial charge < -0.3 is 21.1 Å². The van der Waals surface area contributed by atoms with Crippen molar-refractivity contribution in [3.63, 3.8) is 0 Å². The average Bonchev–Trinajstić information content (AvgIpc) is 3.40. The van der Waals surface area contributed by atoms with Gasteiger partial charge in [0.05, 0.1) is 22.4 Å². The van der Waals surface area contributed by atoms with Gasteiger partial charge in [-0.05, 0) is 42.6 Å². The molecule has 0 amide bonds. The van der Waals surface area contributed by atoms with Crippen LogP contribution in [0.5, 0.6) is 0 Å². The second-order valence-electron chi connectivity index (χ2n) is 8.90. The molecule has 2 aromatic carbocycles. The highest BCUT2D eigenvalue weighted by molar-refractivity contribution is 7.21. The van der Waals surface area contributed by atoms with Gasteiger partial charge in [0.2, 0.25) is 5.95 Å². The minimum Gasteiger partial charge on any atom is -0.390 e. The Labute approximate surface area is 200 Å². The van der Waals surface area contributed by atoms with Gasteiger partial charge in [0.1, 0.15) is 16.4 Å². The number of nitrogens with one attached hydrogen (secondary N) is 4. The van der Waals surface area contributed by atoms with E-state index < -0.39 is 6.10 Å². The Bertz CT molecular complexity index is 1360. The van der Waals surface area contributed by atoms with Gasteiger partial charge in [0.25, 0.3) is 5.56 Å². The molecule has 9 heteroatoms. The van der Waals surface area contributed by atoms with E-state index in [1.54, 1.807) is 0 Å². The number of hydrogen-bond acceptors (Lipinski definition) is 8. The van der Waals surface area contributed by atoms with E-state index in [-0.39, 0.29) is 17.6 Å². The van der Waals surface area contributed by atoms with Gasteiger partial charge in [0.15, 0.2) is 0 Å². The molecule has 34 heavy (non-hydrogen) atoms. The van der Waals surface area contributed by atoms with Crippen molar-refractivity contribution in [1.29, 1.82) is 0 Å². The largest absolute Gasteiger partial charge is 0.390 e. The Balaban J connectivity index is 1.40. The highest BCUT2D eigenvalue weighted by Gasteiger charge is 2.31. The zero-order chi connectivity index (χ0) is 23.1. The number of aromatic nitrogens is 3. The maximum Gasteiger partial charge on any atom is 0.264 e. The van der Waals surface area contributed by atoms with Crippen LogP contribution < -0.4 is 21.5 Å². The fourth-order valence-electron chi connectivity index (χ4n) is 4.89. The van der Waals surface area contributed by atoms with Crippen LogP contribution >= 0.6 is 11.3 Å². The molecule has 0 saturated carbocycles. The molecule has 0 bridgehead atoms. The Morgan fingerprint density at radius 1 is 1.06 bits per heavy atom. The van der Waals surface area contributed by atoms with Gasteiger partial charge in [-0.1, -0.05) is 36.4 Å². The van der Waals surface area contributed by atoms with E-state index in [1.165, 1.54) is 11.3 Å². The molecule has 1 aliphatic heterocycles. The summed E-state index contributed by atoms with van der Waals surface area (Å²) in [5, 5.41) is 21.5. The summed E-state index contributed by atoms with van der Waals surface area (Å²) >= 11 is 1.48. The van der Waals surface area contributed by atoms with Crippen LogP contribution in [0.1, 0.15) is 30.0 Å². The monoisotopic (exact) mass is 474 g/mol. The van der Waals surface area contributed by atoms with Crippen molar-refractivity contribution in [3.8, 4) is 10.6 Å². The number of rotatable bonds is 5. The number of aliphatic hydroxyl groups is 1. The number of benzene rings is 2. The van der Waals surface area contributed by atoms with Crippen molar-refractivity contribution in [2.24, 2.45) is 0 Å². The Morgan fingerprint density at radius 3 is 2.76 bits per heavy atom. The molecule has 0 radical (unpaired) electrons. The Kier molecular flexibility index (Phi) is 5.52. The molecule has 6 rings (SSSR count). The molecule has 8 nitrogen and oxygen atoms in total. The average molecular weight is 475 g/mol. The summed E-state index contributed by atoms with van der Waals surface area (Å²) in [5.41, 5.74) is 3.18. The van der Waals surface area contributed by atoms with E-state index in [2.05, 4.69) is 20.9 Å². The van der Waals surface area contributed by atoms with Crippen LogP contribution in [0, 0.1) is 0 Å². The SMILES string of the molecule is O=c1[nH]c(N[C@H]2c3ccccc3C[C@@H]2O)nc(NC2CCCNC2)c1-c1nc2ccccc2s1. The van der Waals surface area contributed by atoms with Gasteiger partial charge in [-0.15, -0.1) is 11.3 Å². The third-order valence-corrected chi connectivity index (χ3v) is 7.61. The maximum atomic E-state index is 13.4. The third-order valence-electron chi connectivity index (χ3n) is 6.56. The van der Waals surface area contributed by atoms with Crippen molar-refractivity contribution < 1.29 is 5.11 Å². The van der Waals surface area contributed by atoms with Crippen molar-refractivity contribution in [2.45, 2.75) is 37.5 Å². The zero-order valence-electron chi connectivity index (χ0n) is 18.5. The Hall–Kier alpha value is -3.27. The quantitative estimate of drug-likeness (QED) is 0.302. The van der Waals surface area contributed by atoms with Gasteiger partial charge in [-0.25, -0.2) is 4.98 Å². The molecule has 1 saturated heterocycles. The minimum atomic E-state index is -0.592. The standard InChI is InChI=1S/C25H26N6O2S/c32-18-12-14-6-1-2-8-16(14)21(18)29-25-30-22(27-15-7-5-11-26-13-15)20(23(33)31-25)24-28-17-9-3-4-10-19(17)34-24/h1-4,6,8-10,15,18,21,26,32H,5,7,11-13H2,(H3,27,29,30,31,33)/t15?,18-,21-/m0/s1. The summed E-state index contributed by atoms with van der Waals surface area (Å²) in [6.45, 7) is 1.81. The predicted octanol–water partition coefficient (Wildman–Crippen LogP) is 3.28. The number of para-hydroxylation sites is 1. The van der Waals surface area contributed by atoms with Crippen LogP contribution in [0.15, 0.2) is 53.3 Å². The first-order valence-electron chi connectivity index (χ1n) is 11.7. The van der Waals surface area contributed by atoms with E-state index in [9.17, 15) is 9.90 Å². The van der Waals surface area contributed by atoms with E-state index in [0.29, 0.717) is 28.8 Å². The third kappa shape index (κ3) is 3.96. The van der Waals surface area contributed by atoms with E-state index >= 15 is 0 Å². The number of hydrogen-bond donors (Lipinski definition) is 5.